The lowest BCUT2D eigenvalue weighted by atomic mass is 10.0. The number of aryl methyl sites for hydroxylation is 1. The van der Waals surface area contributed by atoms with Crippen LogP contribution in [0.2, 0.25) is 0 Å². The zero-order valence-electron chi connectivity index (χ0n) is 18.1. The molecule has 0 heterocycles. The molecule has 4 rings (SSSR count). The van der Waals surface area contributed by atoms with Crippen LogP contribution in [0.5, 0.6) is 11.5 Å². The van der Waals surface area contributed by atoms with Gasteiger partial charge in [0.25, 0.3) is 5.91 Å². The molecule has 4 aromatic rings. The van der Waals surface area contributed by atoms with E-state index >= 15 is 0 Å². The van der Waals surface area contributed by atoms with Crippen LogP contribution in [-0.2, 0) is 11.4 Å². The molecule has 0 radical (unpaired) electrons. The minimum atomic E-state index is -0.343. The summed E-state index contributed by atoms with van der Waals surface area (Å²) in [6.45, 7) is 2.26. The second-order valence-corrected chi connectivity index (χ2v) is 8.43. The Morgan fingerprint density at radius 1 is 0.970 bits per heavy atom. The molecule has 0 aliphatic heterocycles. The minimum absolute atomic E-state index is 0.122. The van der Waals surface area contributed by atoms with Gasteiger partial charge in [0.2, 0.25) is 0 Å². The van der Waals surface area contributed by atoms with E-state index in [2.05, 4.69) is 26.5 Å². The number of carbonyl (C=O) groups is 1. The Kier molecular flexibility index (Phi) is 7.37. The van der Waals surface area contributed by atoms with E-state index < -0.39 is 0 Å². The van der Waals surface area contributed by atoms with Gasteiger partial charge in [-0.05, 0) is 59.2 Å². The fourth-order valence-electron chi connectivity index (χ4n) is 3.38. The van der Waals surface area contributed by atoms with Gasteiger partial charge in [-0.1, -0.05) is 70.5 Å². The third kappa shape index (κ3) is 6.20. The largest absolute Gasteiger partial charge is 0.488 e. The van der Waals surface area contributed by atoms with Gasteiger partial charge in [0.15, 0.2) is 6.61 Å². The molecule has 0 aliphatic carbocycles. The second kappa shape index (κ2) is 10.8. The molecular formula is C27H23BrN2O3. The maximum Gasteiger partial charge on any atom is 0.277 e. The monoisotopic (exact) mass is 502 g/mol. The van der Waals surface area contributed by atoms with Gasteiger partial charge in [-0.2, -0.15) is 5.10 Å². The average Bonchev–Trinajstić information content (AvgIpc) is 2.82. The Morgan fingerprint density at radius 2 is 1.82 bits per heavy atom. The molecule has 1 N–H and O–H groups in total. The molecule has 0 unspecified atom stereocenters. The van der Waals surface area contributed by atoms with Crippen LogP contribution in [-0.4, -0.2) is 18.7 Å². The molecule has 0 saturated carbocycles. The van der Waals surface area contributed by atoms with Crippen molar-refractivity contribution in [3.05, 3.63) is 106 Å². The van der Waals surface area contributed by atoms with Crippen molar-refractivity contribution >= 4 is 38.8 Å². The standard InChI is InChI=1S/C27H23BrN2O3/c1-19-6-4-10-23(14-19)32-18-27(31)30-29-16-25-24-11-3-2-8-21(24)12-13-26(25)33-17-20-7-5-9-22(28)15-20/h2-16H,17-18H2,1H3,(H,30,31). The van der Waals surface area contributed by atoms with Gasteiger partial charge in [-0.25, -0.2) is 5.43 Å². The number of nitrogens with one attached hydrogen (secondary N) is 1. The van der Waals surface area contributed by atoms with E-state index in [-0.39, 0.29) is 12.5 Å². The van der Waals surface area contributed by atoms with Gasteiger partial charge in [-0.15, -0.1) is 0 Å². The number of nitrogens with zero attached hydrogens (tertiary/aromatic N) is 1. The summed E-state index contributed by atoms with van der Waals surface area (Å²) in [7, 11) is 0. The van der Waals surface area contributed by atoms with Crippen LogP contribution in [0.15, 0.2) is 94.5 Å². The van der Waals surface area contributed by atoms with Crippen molar-refractivity contribution in [1.29, 1.82) is 0 Å². The molecule has 0 aromatic heterocycles. The fourth-order valence-corrected chi connectivity index (χ4v) is 3.82. The summed E-state index contributed by atoms with van der Waals surface area (Å²) < 4.78 is 12.6. The van der Waals surface area contributed by atoms with Gasteiger partial charge in [0.05, 0.1) is 6.21 Å². The van der Waals surface area contributed by atoms with Gasteiger partial charge in [0, 0.05) is 10.0 Å². The molecule has 0 aliphatic rings. The average molecular weight is 503 g/mol. The Hall–Kier alpha value is -3.64. The maximum absolute atomic E-state index is 12.2. The zero-order valence-corrected chi connectivity index (χ0v) is 19.7. The van der Waals surface area contributed by atoms with Gasteiger partial charge < -0.3 is 9.47 Å². The Morgan fingerprint density at radius 3 is 2.67 bits per heavy atom. The number of rotatable bonds is 8. The number of amides is 1. The van der Waals surface area contributed by atoms with Crippen LogP contribution in [0, 0.1) is 6.92 Å². The van der Waals surface area contributed by atoms with E-state index in [1.54, 1.807) is 6.21 Å². The summed E-state index contributed by atoms with van der Waals surface area (Å²) in [6.07, 6.45) is 1.61. The lowest BCUT2D eigenvalue weighted by molar-refractivity contribution is -0.123. The van der Waals surface area contributed by atoms with Crippen LogP contribution in [0.25, 0.3) is 10.8 Å². The summed E-state index contributed by atoms with van der Waals surface area (Å²) in [4.78, 5) is 12.2. The smallest absolute Gasteiger partial charge is 0.277 e. The van der Waals surface area contributed by atoms with Crippen molar-refractivity contribution in [3.8, 4) is 11.5 Å². The summed E-state index contributed by atoms with van der Waals surface area (Å²) >= 11 is 3.49. The van der Waals surface area contributed by atoms with E-state index in [1.807, 2.05) is 91.9 Å². The molecule has 0 bridgehead atoms. The third-order valence-corrected chi connectivity index (χ3v) is 5.45. The van der Waals surface area contributed by atoms with Crippen molar-refractivity contribution in [2.75, 3.05) is 6.61 Å². The predicted octanol–water partition coefficient (Wildman–Crippen LogP) is 6.02. The molecule has 5 nitrogen and oxygen atoms in total. The highest BCUT2D eigenvalue weighted by Gasteiger charge is 2.09. The number of hydrogen-bond donors (Lipinski definition) is 1. The number of hydrogen-bond acceptors (Lipinski definition) is 4. The van der Waals surface area contributed by atoms with Crippen molar-refractivity contribution < 1.29 is 14.3 Å². The topological polar surface area (TPSA) is 59.9 Å². The van der Waals surface area contributed by atoms with Gasteiger partial charge in [0.1, 0.15) is 18.1 Å². The first-order chi connectivity index (χ1) is 16.1. The number of carbonyl (C=O) groups excluding carboxylic acids is 1. The molecule has 166 valence electrons. The molecule has 33 heavy (non-hydrogen) atoms. The summed E-state index contributed by atoms with van der Waals surface area (Å²) in [5.41, 5.74) is 5.44. The van der Waals surface area contributed by atoms with Crippen LogP contribution >= 0.6 is 15.9 Å². The minimum Gasteiger partial charge on any atom is -0.488 e. The SMILES string of the molecule is Cc1cccc(OCC(=O)NN=Cc2c(OCc3cccc(Br)c3)ccc3ccccc23)c1. The summed E-state index contributed by atoms with van der Waals surface area (Å²) in [5, 5.41) is 6.20. The highest BCUT2D eigenvalue weighted by molar-refractivity contribution is 9.10. The summed E-state index contributed by atoms with van der Waals surface area (Å²) in [5.74, 6) is 0.985. The molecule has 0 saturated heterocycles. The van der Waals surface area contributed by atoms with Crippen molar-refractivity contribution in [1.82, 2.24) is 5.43 Å². The van der Waals surface area contributed by atoms with Gasteiger partial charge >= 0.3 is 0 Å². The molecule has 1 amide bonds. The van der Waals surface area contributed by atoms with Crippen LogP contribution in [0.4, 0.5) is 0 Å². The Labute approximate surface area is 201 Å². The first kappa shape index (κ1) is 22.6. The van der Waals surface area contributed by atoms with E-state index in [1.165, 1.54) is 0 Å². The molecule has 4 aromatic carbocycles. The van der Waals surface area contributed by atoms with E-state index in [4.69, 9.17) is 9.47 Å². The Balaban J connectivity index is 1.47. The van der Waals surface area contributed by atoms with Crippen LogP contribution in [0.3, 0.4) is 0 Å². The number of fused-ring (bicyclic) bond motifs is 1. The number of benzene rings is 4. The molecule has 0 atom stereocenters. The number of halogens is 1. The highest BCUT2D eigenvalue weighted by atomic mass is 79.9. The molecule has 0 spiro atoms. The van der Waals surface area contributed by atoms with Gasteiger partial charge in [-0.3, -0.25) is 4.79 Å². The predicted molar refractivity (Wildman–Crippen MR) is 135 cm³/mol. The first-order valence-corrected chi connectivity index (χ1v) is 11.3. The van der Waals surface area contributed by atoms with Crippen LogP contribution < -0.4 is 14.9 Å². The van der Waals surface area contributed by atoms with Crippen LogP contribution in [0.1, 0.15) is 16.7 Å². The zero-order chi connectivity index (χ0) is 23.0. The lowest BCUT2D eigenvalue weighted by Gasteiger charge is -2.12. The van der Waals surface area contributed by atoms with E-state index in [9.17, 15) is 4.79 Å². The number of hydrazone groups is 1. The highest BCUT2D eigenvalue weighted by Crippen LogP contribution is 2.27. The maximum atomic E-state index is 12.2. The molecular weight excluding hydrogens is 480 g/mol. The summed E-state index contributed by atoms with van der Waals surface area (Å²) in [6, 6.07) is 27.4. The van der Waals surface area contributed by atoms with Crippen molar-refractivity contribution in [3.63, 3.8) is 0 Å². The van der Waals surface area contributed by atoms with E-state index in [0.717, 1.165) is 31.9 Å². The molecule has 6 heteroatoms. The first-order valence-electron chi connectivity index (χ1n) is 10.5. The van der Waals surface area contributed by atoms with Crippen molar-refractivity contribution in [2.45, 2.75) is 13.5 Å². The quantitative estimate of drug-likeness (QED) is 0.236. The van der Waals surface area contributed by atoms with E-state index in [0.29, 0.717) is 18.1 Å². The third-order valence-electron chi connectivity index (χ3n) is 4.96. The lowest BCUT2D eigenvalue weighted by Crippen LogP contribution is -2.24. The Bertz CT molecular complexity index is 1300. The second-order valence-electron chi connectivity index (χ2n) is 7.52. The fraction of sp³-hybridized carbons (Fsp3) is 0.111. The van der Waals surface area contributed by atoms with Crippen molar-refractivity contribution in [2.24, 2.45) is 5.10 Å². The molecule has 0 fully saturated rings. The number of ether oxygens (including phenoxy) is 2. The normalized spacial score (nSPS) is 11.0.